The number of nitrogens with zero attached hydrogens (tertiary/aromatic N) is 1. The molecular formula is C19H20N2O3S. The molecule has 0 amide bonds. The summed E-state index contributed by atoms with van der Waals surface area (Å²) < 4.78 is 28.8. The van der Waals surface area contributed by atoms with Gasteiger partial charge in [-0.15, -0.1) is 0 Å². The van der Waals surface area contributed by atoms with E-state index in [0.717, 1.165) is 16.9 Å². The third-order valence-electron chi connectivity index (χ3n) is 4.26. The molecular weight excluding hydrogens is 336 g/mol. The van der Waals surface area contributed by atoms with Crippen molar-refractivity contribution in [3.63, 3.8) is 0 Å². The predicted molar refractivity (Wildman–Crippen MR) is 95.8 cm³/mol. The van der Waals surface area contributed by atoms with E-state index >= 15 is 0 Å². The molecule has 3 rings (SSSR count). The predicted octanol–water partition coefficient (Wildman–Crippen LogP) is 2.41. The Balaban J connectivity index is 1.57. The second kappa shape index (κ2) is 7.68. The maximum Gasteiger partial charge on any atom is 0.151 e. The fraction of sp³-hybridized carbons (Fsp3) is 0.316. The van der Waals surface area contributed by atoms with Crippen LogP contribution < -0.4 is 10.1 Å². The van der Waals surface area contributed by atoms with Gasteiger partial charge in [-0.25, -0.2) is 8.42 Å². The monoisotopic (exact) mass is 356 g/mol. The van der Waals surface area contributed by atoms with Crippen molar-refractivity contribution in [2.24, 2.45) is 0 Å². The molecule has 6 heteroatoms. The van der Waals surface area contributed by atoms with E-state index in [2.05, 4.69) is 11.4 Å². The first kappa shape index (κ1) is 17.5. The molecule has 0 aliphatic carbocycles. The second-order valence-electron chi connectivity index (χ2n) is 6.19. The SMILES string of the molecule is N#Cc1ccccc1COc1cccc(CN[C@@H]2CCS(=O)(=O)C2)c1. The molecule has 1 atom stereocenters. The molecule has 1 heterocycles. The van der Waals surface area contributed by atoms with Crippen molar-refractivity contribution in [2.45, 2.75) is 25.6 Å². The molecule has 1 saturated heterocycles. The minimum Gasteiger partial charge on any atom is -0.489 e. The Hall–Kier alpha value is -2.36. The first-order valence-corrected chi connectivity index (χ1v) is 10.0. The number of ether oxygens (including phenoxy) is 1. The van der Waals surface area contributed by atoms with Gasteiger partial charge in [0.2, 0.25) is 0 Å². The molecule has 1 N–H and O–H groups in total. The molecule has 0 bridgehead atoms. The van der Waals surface area contributed by atoms with Crippen LogP contribution in [0, 0.1) is 11.3 Å². The highest BCUT2D eigenvalue weighted by atomic mass is 32.2. The summed E-state index contributed by atoms with van der Waals surface area (Å²) in [4.78, 5) is 0. The molecule has 25 heavy (non-hydrogen) atoms. The van der Waals surface area contributed by atoms with Gasteiger partial charge >= 0.3 is 0 Å². The van der Waals surface area contributed by atoms with Gasteiger partial charge in [-0.1, -0.05) is 30.3 Å². The maximum absolute atomic E-state index is 11.5. The highest BCUT2D eigenvalue weighted by Crippen LogP contribution is 2.18. The Morgan fingerprint density at radius 2 is 2.04 bits per heavy atom. The van der Waals surface area contributed by atoms with Gasteiger partial charge in [0.15, 0.2) is 9.84 Å². The third-order valence-corrected chi connectivity index (χ3v) is 6.03. The smallest absolute Gasteiger partial charge is 0.151 e. The molecule has 1 fully saturated rings. The van der Waals surface area contributed by atoms with Crippen LogP contribution in [-0.4, -0.2) is 26.0 Å². The number of rotatable bonds is 6. The number of nitriles is 1. The molecule has 2 aromatic carbocycles. The van der Waals surface area contributed by atoms with Gasteiger partial charge in [0.25, 0.3) is 0 Å². The zero-order chi connectivity index (χ0) is 17.7. The number of hydrogen-bond donors (Lipinski definition) is 1. The van der Waals surface area contributed by atoms with Crippen LogP contribution in [0.3, 0.4) is 0 Å². The number of sulfone groups is 1. The van der Waals surface area contributed by atoms with Crippen molar-refractivity contribution in [1.29, 1.82) is 5.26 Å². The summed E-state index contributed by atoms with van der Waals surface area (Å²) in [5.74, 6) is 1.21. The van der Waals surface area contributed by atoms with E-state index in [4.69, 9.17) is 10.00 Å². The van der Waals surface area contributed by atoms with Crippen LogP contribution in [0.4, 0.5) is 0 Å². The van der Waals surface area contributed by atoms with Crippen LogP contribution >= 0.6 is 0 Å². The fourth-order valence-electron chi connectivity index (χ4n) is 2.88. The van der Waals surface area contributed by atoms with Crippen molar-refractivity contribution >= 4 is 9.84 Å². The topological polar surface area (TPSA) is 79.2 Å². The number of hydrogen-bond acceptors (Lipinski definition) is 5. The zero-order valence-electron chi connectivity index (χ0n) is 13.8. The molecule has 130 valence electrons. The lowest BCUT2D eigenvalue weighted by molar-refractivity contribution is 0.305. The van der Waals surface area contributed by atoms with Gasteiger partial charge in [-0.05, 0) is 30.2 Å². The van der Waals surface area contributed by atoms with Crippen LogP contribution in [0.5, 0.6) is 5.75 Å². The molecule has 0 aromatic heterocycles. The molecule has 0 saturated carbocycles. The average Bonchev–Trinajstić information content (AvgIpc) is 2.98. The molecule has 1 aliphatic heterocycles. The number of benzene rings is 2. The van der Waals surface area contributed by atoms with E-state index in [1.807, 2.05) is 42.5 Å². The van der Waals surface area contributed by atoms with E-state index in [1.165, 1.54) is 0 Å². The molecule has 0 unspecified atom stereocenters. The Kier molecular flexibility index (Phi) is 5.37. The molecule has 0 spiro atoms. The minimum atomic E-state index is -2.87. The quantitative estimate of drug-likeness (QED) is 0.860. The van der Waals surface area contributed by atoms with Crippen LogP contribution in [0.2, 0.25) is 0 Å². The Labute approximate surface area is 148 Å². The van der Waals surface area contributed by atoms with E-state index in [-0.39, 0.29) is 17.5 Å². The van der Waals surface area contributed by atoms with Gasteiger partial charge in [0.05, 0.1) is 23.1 Å². The van der Waals surface area contributed by atoms with Crippen LogP contribution in [0.1, 0.15) is 23.1 Å². The van der Waals surface area contributed by atoms with Crippen molar-refractivity contribution in [1.82, 2.24) is 5.32 Å². The fourth-order valence-corrected chi connectivity index (χ4v) is 4.59. The summed E-state index contributed by atoms with van der Waals surface area (Å²) in [6.07, 6.45) is 0.670. The standard InChI is InChI=1S/C19H20N2O3S/c20-11-16-5-1-2-6-17(16)13-24-19-7-3-4-15(10-19)12-21-18-8-9-25(22,23)14-18/h1-7,10,18,21H,8-9,12-14H2/t18-/m1/s1. The molecule has 5 nitrogen and oxygen atoms in total. The van der Waals surface area contributed by atoms with Crippen LogP contribution in [-0.2, 0) is 23.0 Å². The first-order valence-electron chi connectivity index (χ1n) is 8.19. The Morgan fingerprint density at radius 3 is 2.80 bits per heavy atom. The Morgan fingerprint density at radius 1 is 1.20 bits per heavy atom. The summed E-state index contributed by atoms with van der Waals surface area (Å²) in [6, 6.07) is 17.3. The van der Waals surface area contributed by atoms with Crippen molar-refractivity contribution in [3.8, 4) is 11.8 Å². The summed E-state index contributed by atoms with van der Waals surface area (Å²) >= 11 is 0. The summed E-state index contributed by atoms with van der Waals surface area (Å²) in [7, 11) is -2.87. The normalized spacial score (nSPS) is 18.6. The van der Waals surface area contributed by atoms with E-state index in [1.54, 1.807) is 6.07 Å². The summed E-state index contributed by atoms with van der Waals surface area (Å²) in [5, 5.41) is 12.4. The lowest BCUT2D eigenvalue weighted by Crippen LogP contribution is -2.29. The van der Waals surface area contributed by atoms with E-state index in [9.17, 15) is 8.42 Å². The van der Waals surface area contributed by atoms with Crippen molar-refractivity contribution in [3.05, 3.63) is 65.2 Å². The van der Waals surface area contributed by atoms with Crippen LogP contribution in [0.25, 0.3) is 0 Å². The van der Waals surface area contributed by atoms with Gasteiger partial charge in [-0.2, -0.15) is 5.26 Å². The minimum absolute atomic E-state index is 0.0251. The summed E-state index contributed by atoms with van der Waals surface area (Å²) in [6.45, 7) is 0.938. The maximum atomic E-state index is 11.5. The van der Waals surface area contributed by atoms with Crippen molar-refractivity contribution < 1.29 is 13.2 Å². The van der Waals surface area contributed by atoms with Gasteiger partial charge < -0.3 is 10.1 Å². The van der Waals surface area contributed by atoms with E-state index < -0.39 is 9.84 Å². The number of nitrogens with one attached hydrogen (secondary N) is 1. The lowest BCUT2D eigenvalue weighted by Gasteiger charge is -2.12. The average molecular weight is 356 g/mol. The lowest BCUT2D eigenvalue weighted by atomic mass is 10.1. The third kappa shape index (κ3) is 4.81. The largest absolute Gasteiger partial charge is 0.489 e. The van der Waals surface area contributed by atoms with Crippen molar-refractivity contribution in [2.75, 3.05) is 11.5 Å². The molecule has 0 radical (unpaired) electrons. The molecule has 1 aliphatic rings. The first-order chi connectivity index (χ1) is 12.1. The zero-order valence-corrected chi connectivity index (χ0v) is 14.6. The van der Waals surface area contributed by atoms with Gasteiger partial charge in [-0.3, -0.25) is 0 Å². The highest BCUT2D eigenvalue weighted by molar-refractivity contribution is 7.91. The molecule has 2 aromatic rings. The van der Waals surface area contributed by atoms with Crippen LogP contribution in [0.15, 0.2) is 48.5 Å². The Bertz CT molecular complexity index is 888. The summed E-state index contributed by atoms with van der Waals surface area (Å²) in [5.41, 5.74) is 2.50. The van der Waals surface area contributed by atoms with Gasteiger partial charge in [0.1, 0.15) is 12.4 Å². The van der Waals surface area contributed by atoms with E-state index in [0.29, 0.717) is 25.1 Å². The second-order valence-corrected chi connectivity index (χ2v) is 8.41. The highest BCUT2D eigenvalue weighted by Gasteiger charge is 2.27. The van der Waals surface area contributed by atoms with Gasteiger partial charge in [0, 0.05) is 18.2 Å².